The van der Waals surface area contributed by atoms with Gasteiger partial charge in [-0.1, -0.05) is 24.3 Å². The van der Waals surface area contributed by atoms with E-state index in [9.17, 15) is 5.11 Å². The number of hydrogen-bond donors (Lipinski definition) is 1. The normalized spacial score (nSPS) is 18.7. The molecule has 4 heterocycles. The Kier molecular flexibility index (Phi) is 11.4. The van der Waals surface area contributed by atoms with E-state index in [2.05, 4.69) is 72.9 Å². The van der Waals surface area contributed by atoms with Gasteiger partial charge in [0.05, 0.1) is 21.3 Å². The SMILES string of the molecule is C=CCN(C)CC(O)COc1c(OC)cc2c3c1Oc1cc4c(cc1OC)CCN(C)[C@H]4Cc1ccc(cc1)Oc1cc(ccc1OC)C[C@@H]3N(C)CC2. The van der Waals surface area contributed by atoms with E-state index >= 15 is 0 Å². The zero-order chi connectivity index (χ0) is 37.9. The van der Waals surface area contributed by atoms with Gasteiger partial charge in [-0.3, -0.25) is 9.80 Å². The summed E-state index contributed by atoms with van der Waals surface area (Å²) in [6.45, 7) is 6.71. The Morgan fingerprint density at radius 2 is 1.46 bits per heavy atom. The molecule has 4 aliphatic heterocycles. The molecule has 0 saturated heterocycles. The second-order valence-electron chi connectivity index (χ2n) is 14.7. The van der Waals surface area contributed by atoms with Crippen molar-refractivity contribution in [3.05, 3.63) is 107 Å². The summed E-state index contributed by atoms with van der Waals surface area (Å²) >= 11 is 0. The number of likely N-dealkylation sites (N-methyl/N-ethyl adjacent to an activating group) is 3. The lowest BCUT2D eigenvalue weighted by Crippen LogP contribution is -2.35. The summed E-state index contributed by atoms with van der Waals surface area (Å²) < 4.78 is 38.1. The molecule has 0 spiro atoms. The highest BCUT2D eigenvalue weighted by molar-refractivity contribution is 5.64. The smallest absolute Gasteiger partial charge is 0.204 e. The third kappa shape index (κ3) is 7.75. The van der Waals surface area contributed by atoms with Crippen molar-refractivity contribution in [2.45, 2.75) is 43.9 Å². The molecule has 0 aliphatic carbocycles. The molecule has 286 valence electrons. The maximum Gasteiger partial charge on any atom is 0.204 e. The first-order valence-corrected chi connectivity index (χ1v) is 18.8. The van der Waals surface area contributed by atoms with Crippen LogP contribution in [-0.4, -0.2) is 101 Å². The van der Waals surface area contributed by atoms with Crippen molar-refractivity contribution in [2.24, 2.45) is 0 Å². The Bertz CT molecular complexity index is 1970. The van der Waals surface area contributed by atoms with Crippen LogP contribution in [-0.2, 0) is 25.7 Å². The van der Waals surface area contributed by atoms with Gasteiger partial charge in [0, 0.05) is 43.8 Å². The Morgan fingerprint density at radius 3 is 2.19 bits per heavy atom. The predicted molar refractivity (Wildman–Crippen MR) is 210 cm³/mol. The quantitative estimate of drug-likeness (QED) is 0.172. The molecular weight excluding hydrogens is 682 g/mol. The van der Waals surface area contributed by atoms with Gasteiger partial charge in [-0.15, -0.1) is 6.58 Å². The molecule has 4 aromatic rings. The maximum absolute atomic E-state index is 11.1. The van der Waals surface area contributed by atoms with E-state index in [0.717, 1.165) is 54.8 Å². The molecule has 0 fully saturated rings. The number of ether oxygens (including phenoxy) is 6. The van der Waals surface area contributed by atoms with E-state index in [4.69, 9.17) is 28.4 Å². The molecule has 10 nitrogen and oxygen atoms in total. The van der Waals surface area contributed by atoms with E-state index in [0.29, 0.717) is 59.8 Å². The van der Waals surface area contributed by atoms with Crippen molar-refractivity contribution >= 4 is 0 Å². The molecule has 1 unspecified atom stereocenters. The summed E-state index contributed by atoms with van der Waals surface area (Å²) in [5, 5.41) is 11.1. The van der Waals surface area contributed by atoms with E-state index in [1.54, 1.807) is 21.3 Å². The zero-order valence-corrected chi connectivity index (χ0v) is 32.4. The zero-order valence-electron chi connectivity index (χ0n) is 32.4. The average Bonchev–Trinajstić information content (AvgIpc) is 3.16. The first-order chi connectivity index (χ1) is 26.2. The highest BCUT2D eigenvalue weighted by Crippen LogP contribution is 2.52. The van der Waals surface area contributed by atoms with Gasteiger partial charge < -0.3 is 38.4 Å². The molecule has 6 bridgehead atoms. The molecule has 8 rings (SSSR count). The maximum atomic E-state index is 11.1. The van der Waals surface area contributed by atoms with Crippen LogP contribution in [0.1, 0.15) is 45.5 Å². The van der Waals surface area contributed by atoms with Crippen molar-refractivity contribution < 1.29 is 33.5 Å². The fourth-order valence-corrected chi connectivity index (χ4v) is 8.11. The van der Waals surface area contributed by atoms with Gasteiger partial charge in [-0.2, -0.15) is 0 Å². The number of nitrogens with zero attached hydrogens (tertiary/aromatic N) is 3. The number of fused-ring (bicyclic) bond motifs is 2. The lowest BCUT2D eigenvalue weighted by molar-refractivity contribution is 0.0769. The molecule has 1 N–H and O–H groups in total. The van der Waals surface area contributed by atoms with Crippen LogP contribution in [0.5, 0.6) is 46.0 Å². The van der Waals surface area contributed by atoms with Gasteiger partial charge in [0.15, 0.2) is 34.5 Å². The van der Waals surface area contributed by atoms with Gasteiger partial charge in [0.1, 0.15) is 18.5 Å². The number of hydrogen-bond acceptors (Lipinski definition) is 10. The summed E-state index contributed by atoms with van der Waals surface area (Å²) in [5.74, 6) is 4.90. The second kappa shape index (κ2) is 16.3. The average molecular weight is 736 g/mol. The van der Waals surface area contributed by atoms with E-state index in [1.165, 1.54) is 16.7 Å². The molecule has 0 amide bonds. The molecule has 4 aliphatic rings. The monoisotopic (exact) mass is 735 g/mol. The topological polar surface area (TPSA) is 85.3 Å². The van der Waals surface area contributed by atoms with Crippen molar-refractivity contribution in [3.63, 3.8) is 0 Å². The molecule has 10 heteroatoms. The van der Waals surface area contributed by atoms with Gasteiger partial charge in [0.25, 0.3) is 0 Å². The van der Waals surface area contributed by atoms with Crippen LogP contribution in [0.3, 0.4) is 0 Å². The third-order valence-electron chi connectivity index (χ3n) is 11.0. The van der Waals surface area contributed by atoms with Crippen molar-refractivity contribution in [3.8, 4) is 46.0 Å². The first kappa shape index (κ1) is 37.6. The minimum absolute atomic E-state index is 0.0410. The van der Waals surface area contributed by atoms with Crippen LogP contribution in [0.2, 0.25) is 0 Å². The summed E-state index contributed by atoms with van der Waals surface area (Å²) in [4.78, 5) is 6.77. The Balaban J connectivity index is 1.42. The first-order valence-electron chi connectivity index (χ1n) is 18.8. The van der Waals surface area contributed by atoms with E-state index in [1.807, 2.05) is 36.2 Å². The van der Waals surface area contributed by atoms with Gasteiger partial charge >= 0.3 is 0 Å². The predicted octanol–water partition coefficient (Wildman–Crippen LogP) is 7.01. The summed E-state index contributed by atoms with van der Waals surface area (Å²) in [6, 6.07) is 20.9. The molecule has 54 heavy (non-hydrogen) atoms. The van der Waals surface area contributed by atoms with Crippen molar-refractivity contribution in [1.82, 2.24) is 14.7 Å². The molecule has 3 atom stereocenters. The van der Waals surface area contributed by atoms with Crippen LogP contribution in [0.15, 0.2) is 73.3 Å². The fourth-order valence-electron chi connectivity index (χ4n) is 8.11. The van der Waals surface area contributed by atoms with Crippen LogP contribution in [0.25, 0.3) is 0 Å². The van der Waals surface area contributed by atoms with Crippen LogP contribution < -0.4 is 28.4 Å². The number of rotatable bonds is 10. The summed E-state index contributed by atoms with van der Waals surface area (Å²) in [6.07, 6.45) is 4.22. The van der Waals surface area contributed by atoms with E-state index in [-0.39, 0.29) is 18.7 Å². The van der Waals surface area contributed by atoms with Crippen molar-refractivity contribution in [2.75, 3.05) is 75.3 Å². The highest BCUT2D eigenvalue weighted by atomic mass is 16.6. The Labute approximate surface area is 319 Å². The summed E-state index contributed by atoms with van der Waals surface area (Å²) in [7, 11) is 11.3. The van der Waals surface area contributed by atoms with E-state index < -0.39 is 6.10 Å². The number of benzene rings is 4. The minimum atomic E-state index is -0.762. The number of aliphatic hydroxyl groups excluding tert-OH is 1. The lowest BCUT2D eigenvalue weighted by atomic mass is 9.87. The molecular formula is C44H53N3O7. The molecule has 0 aromatic heterocycles. The van der Waals surface area contributed by atoms with Crippen LogP contribution in [0, 0.1) is 0 Å². The van der Waals surface area contributed by atoms with Gasteiger partial charge in [-0.25, -0.2) is 0 Å². The van der Waals surface area contributed by atoms with Gasteiger partial charge in [0.2, 0.25) is 5.75 Å². The largest absolute Gasteiger partial charge is 0.493 e. The highest BCUT2D eigenvalue weighted by Gasteiger charge is 2.35. The van der Waals surface area contributed by atoms with Crippen LogP contribution >= 0.6 is 0 Å². The molecule has 0 radical (unpaired) electrons. The standard InChI is InChI=1S/C44H53N3O7/c1-8-17-45(2)26-32(48)27-52-43-41(51-7)24-31-16-19-47(4)36-21-29-11-14-37(49-5)39(22-29)53-33-12-9-28(10-13-33)20-35-34-25-40(54-44(43)42(31)36)38(50-6)23-30(34)15-18-46(35)3/h8-14,22-25,32,35-36,48H,1,15-21,26-27H2,2-7H3/t32?,35-,36-/m0/s1. The number of methoxy groups -OCH3 is 3. The molecule has 0 saturated carbocycles. The van der Waals surface area contributed by atoms with Gasteiger partial charge in [-0.05, 0) is 117 Å². The fraction of sp³-hybridized carbons (Fsp3) is 0.409. The third-order valence-corrected chi connectivity index (χ3v) is 11.0. The second-order valence-corrected chi connectivity index (χ2v) is 14.7. The molecule has 4 aromatic carbocycles. The minimum Gasteiger partial charge on any atom is -0.493 e. The lowest BCUT2D eigenvalue weighted by Gasteiger charge is -2.37. The number of aliphatic hydroxyl groups is 1. The van der Waals surface area contributed by atoms with Crippen LogP contribution in [0.4, 0.5) is 0 Å². The summed E-state index contributed by atoms with van der Waals surface area (Å²) in [5.41, 5.74) is 6.87. The van der Waals surface area contributed by atoms with Crippen molar-refractivity contribution in [1.29, 1.82) is 0 Å². The Morgan fingerprint density at radius 1 is 0.815 bits per heavy atom. The Hall–Kier alpha value is -4.74.